The van der Waals surface area contributed by atoms with Crippen molar-refractivity contribution >= 4 is 6.09 Å². The first-order valence-corrected chi connectivity index (χ1v) is 3.75. The molecule has 4 aliphatic rings. The number of cyclic esters (lactones) is 1. The van der Waals surface area contributed by atoms with Crippen molar-refractivity contribution < 1.29 is 9.53 Å². The van der Waals surface area contributed by atoms with Crippen molar-refractivity contribution in [2.45, 2.75) is 18.4 Å². The van der Waals surface area contributed by atoms with E-state index < -0.39 is 0 Å². The number of amides is 1. The minimum atomic E-state index is -0.0833. The van der Waals surface area contributed by atoms with Crippen LogP contribution in [-0.2, 0) is 4.74 Å². The summed E-state index contributed by atoms with van der Waals surface area (Å²) in [5.41, 5.74) is 0.182. The third kappa shape index (κ3) is 0.334. The van der Waals surface area contributed by atoms with E-state index in [2.05, 4.69) is 0 Å². The monoisotopic (exact) mass is 139 g/mol. The first kappa shape index (κ1) is 4.99. The maximum Gasteiger partial charge on any atom is 0.410 e. The Morgan fingerprint density at radius 1 is 1.60 bits per heavy atom. The van der Waals surface area contributed by atoms with Gasteiger partial charge in [-0.05, 0) is 18.8 Å². The second-order valence-corrected chi connectivity index (χ2v) is 3.66. The van der Waals surface area contributed by atoms with Gasteiger partial charge in [0.2, 0.25) is 0 Å². The van der Waals surface area contributed by atoms with E-state index in [4.69, 9.17) is 4.74 Å². The van der Waals surface area contributed by atoms with Crippen molar-refractivity contribution in [3.05, 3.63) is 0 Å². The molecule has 2 bridgehead atoms. The van der Waals surface area contributed by atoms with Gasteiger partial charge in [0.15, 0.2) is 0 Å². The molecule has 1 aliphatic carbocycles. The molecule has 1 spiro atoms. The third-order valence-corrected chi connectivity index (χ3v) is 3.04. The lowest BCUT2D eigenvalue weighted by molar-refractivity contribution is 0.138. The standard InChI is InChI=1S/C7H9NO2/c9-6-8-3-5-1-7(8,2-5)4-10-6/h5H,1-4H2. The van der Waals surface area contributed by atoms with Gasteiger partial charge in [-0.3, -0.25) is 4.90 Å². The van der Waals surface area contributed by atoms with Gasteiger partial charge in [0.05, 0.1) is 5.54 Å². The fourth-order valence-corrected chi connectivity index (χ4v) is 2.55. The highest BCUT2D eigenvalue weighted by Gasteiger charge is 2.62. The van der Waals surface area contributed by atoms with E-state index in [1.807, 2.05) is 4.90 Å². The van der Waals surface area contributed by atoms with Gasteiger partial charge in [0, 0.05) is 6.54 Å². The fraction of sp³-hybridized carbons (Fsp3) is 0.857. The van der Waals surface area contributed by atoms with Crippen molar-refractivity contribution in [1.82, 2.24) is 4.90 Å². The Kier molecular flexibility index (Phi) is 0.588. The SMILES string of the molecule is O=C1OCC23CC(CN12)C3. The van der Waals surface area contributed by atoms with Crippen LogP contribution in [0.25, 0.3) is 0 Å². The Hall–Kier alpha value is -0.730. The molecule has 3 heterocycles. The van der Waals surface area contributed by atoms with Crippen molar-refractivity contribution in [2.75, 3.05) is 13.2 Å². The number of nitrogens with zero attached hydrogens (tertiary/aromatic N) is 1. The Balaban J connectivity index is 2.04. The van der Waals surface area contributed by atoms with E-state index in [1.165, 1.54) is 12.8 Å². The molecule has 3 nitrogen and oxygen atoms in total. The van der Waals surface area contributed by atoms with Crippen LogP contribution in [0.3, 0.4) is 0 Å². The number of hydrogen-bond donors (Lipinski definition) is 0. The molecule has 4 fully saturated rings. The van der Waals surface area contributed by atoms with Gasteiger partial charge in [0.25, 0.3) is 0 Å². The average molecular weight is 139 g/mol. The van der Waals surface area contributed by atoms with Gasteiger partial charge < -0.3 is 4.74 Å². The van der Waals surface area contributed by atoms with Gasteiger partial charge >= 0.3 is 6.09 Å². The Labute approximate surface area is 58.9 Å². The van der Waals surface area contributed by atoms with Gasteiger partial charge in [-0.25, -0.2) is 4.79 Å². The van der Waals surface area contributed by atoms with Crippen LogP contribution in [0.4, 0.5) is 4.79 Å². The van der Waals surface area contributed by atoms with E-state index in [9.17, 15) is 4.79 Å². The quantitative estimate of drug-likeness (QED) is 0.492. The Morgan fingerprint density at radius 2 is 2.40 bits per heavy atom. The van der Waals surface area contributed by atoms with Crippen LogP contribution in [0.15, 0.2) is 0 Å². The van der Waals surface area contributed by atoms with Crippen LogP contribution >= 0.6 is 0 Å². The van der Waals surface area contributed by atoms with Crippen LogP contribution in [0.5, 0.6) is 0 Å². The van der Waals surface area contributed by atoms with Crippen LogP contribution in [-0.4, -0.2) is 29.7 Å². The van der Waals surface area contributed by atoms with Crippen LogP contribution in [0.2, 0.25) is 0 Å². The normalized spacial score (nSPS) is 48.6. The predicted octanol–water partition coefficient (Wildman–Crippen LogP) is 0.601. The molecule has 0 radical (unpaired) electrons. The predicted molar refractivity (Wildman–Crippen MR) is 33.5 cm³/mol. The van der Waals surface area contributed by atoms with Crippen LogP contribution in [0, 0.1) is 5.92 Å². The summed E-state index contributed by atoms with van der Waals surface area (Å²) in [6.07, 6.45) is 2.30. The second kappa shape index (κ2) is 1.18. The lowest BCUT2D eigenvalue weighted by Crippen LogP contribution is -2.44. The van der Waals surface area contributed by atoms with E-state index in [0.717, 1.165) is 12.5 Å². The molecule has 10 heavy (non-hydrogen) atoms. The van der Waals surface area contributed by atoms with E-state index in [-0.39, 0.29) is 11.6 Å². The molecule has 1 saturated carbocycles. The highest BCUT2D eigenvalue weighted by Crippen LogP contribution is 2.53. The molecular formula is C7H9NO2. The summed E-state index contributed by atoms with van der Waals surface area (Å²) < 4.78 is 4.95. The molecule has 0 unspecified atom stereocenters. The summed E-state index contributed by atoms with van der Waals surface area (Å²) in [5.74, 6) is 0.799. The molecular weight excluding hydrogens is 130 g/mol. The zero-order valence-corrected chi connectivity index (χ0v) is 5.67. The van der Waals surface area contributed by atoms with Gasteiger partial charge in [-0.2, -0.15) is 0 Å². The molecule has 0 aromatic rings. The molecule has 3 aliphatic heterocycles. The highest BCUT2D eigenvalue weighted by molar-refractivity contribution is 5.72. The van der Waals surface area contributed by atoms with Gasteiger partial charge in [-0.15, -0.1) is 0 Å². The highest BCUT2D eigenvalue weighted by atomic mass is 16.6. The number of carbonyl (C=O) groups excluding carboxylic acids is 1. The summed E-state index contributed by atoms with van der Waals surface area (Å²) in [6.45, 7) is 1.61. The number of ether oxygens (including phenoxy) is 1. The van der Waals surface area contributed by atoms with Crippen LogP contribution < -0.4 is 0 Å². The van der Waals surface area contributed by atoms with Crippen molar-refractivity contribution in [2.24, 2.45) is 5.92 Å². The fourth-order valence-electron chi connectivity index (χ4n) is 2.55. The lowest BCUT2D eigenvalue weighted by atomic mass is 9.74. The number of rotatable bonds is 0. The summed E-state index contributed by atoms with van der Waals surface area (Å²) in [4.78, 5) is 12.9. The molecule has 4 rings (SSSR count). The molecule has 3 saturated heterocycles. The largest absolute Gasteiger partial charge is 0.447 e. The zero-order valence-electron chi connectivity index (χ0n) is 5.67. The Morgan fingerprint density at radius 3 is 3.10 bits per heavy atom. The number of carbonyl (C=O) groups is 1. The van der Waals surface area contributed by atoms with Crippen LogP contribution in [0.1, 0.15) is 12.8 Å². The van der Waals surface area contributed by atoms with E-state index in [0.29, 0.717) is 6.61 Å². The minimum Gasteiger partial charge on any atom is -0.447 e. The van der Waals surface area contributed by atoms with Crippen molar-refractivity contribution in [3.63, 3.8) is 0 Å². The zero-order chi connectivity index (χ0) is 6.77. The average Bonchev–Trinajstić information content (AvgIpc) is 2.36. The molecule has 3 heteroatoms. The molecule has 0 aromatic heterocycles. The first-order valence-electron chi connectivity index (χ1n) is 3.75. The summed E-state index contributed by atoms with van der Waals surface area (Å²) in [7, 11) is 0. The van der Waals surface area contributed by atoms with Gasteiger partial charge in [0.1, 0.15) is 6.61 Å². The second-order valence-electron chi connectivity index (χ2n) is 3.66. The summed E-state index contributed by atoms with van der Waals surface area (Å²) in [6, 6.07) is 0. The van der Waals surface area contributed by atoms with E-state index >= 15 is 0 Å². The Bertz CT molecular complexity index is 208. The molecule has 1 amide bonds. The molecule has 0 atom stereocenters. The molecule has 0 N–H and O–H groups in total. The van der Waals surface area contributed by atoms with Crippen molar-refractivity contribution in [3.8, 4) is 0 Å². The number of hydrogen-bond acceptors (Lipinski definition) is 2. The summed E-state index contributed by atoms with van der Waals surface area (Å²) in [5, 5.41) is 0. The molecule has 54 valence electrons. The first-order chi connectivity index (χ1) is 4.80. The third-order valence-electron chi connectivity index (χ3n) is 3.04. The smallest absolute Gasteiger partial charge is 0.410 e. The van der Waals surface area contributed by atoms with Gasteiger partial charge in [-0.1, -0.05) is 0 Å². The maximum absolute atomic E-state index is 11.0. The summed E-state index contributed by atoms with van der Waals surface area (Å²) >= 11 is 0. The minimum absolute atomic E-state index is 0.0833. The van der Waals surface area contributed by atoms with E-state index in [1.54, 1.807) is 0 Å². The topological polar surface area (TPSA) is 29.5 Å². The lowest BCUT2D eigenvalue weighted by Gasteiger charge is -2.34. The maximum atomic E-state index is 11.0. The molecule has 0 aromatic carbocycles. The van der Waals surface area contributed by atoms with Crippen molar-refractivity contribution in [1.29, 1.82) is 0 Å².